The predicted octanol–water partition coefficient (Wildman–Crippen LogP) is 2.38. The molecule has 0 unspecified atom stereocenters. The van der Waals surface area contributed by atoms with Crippen LogP contribution in [-0.4, -0.2) is 52.4 Å². The van der Waals surface area contributed by atoms with Gasteiger partial charge in [-0.1, -0.05) is 12.1 Å². The van der Waals surface area contributed by atoms with Crippen molar-refractivity contribution >= 4 is 11.8 Å². The normalized spacial score (nSPS) is 14.7. The van der Waals surface area contributed by atoms with Crippen LogP contribution < -0.4 is 0 Å². The van der Waals surface area contributed by atoms with E-state index in [1.165, 1.54) is 12.1 Å². The van der Waals surface area contributed by atoms with E-state index in [2.05, 4.69) is 0 Å². The van der Waals surface area contributed by atoms with Gasteiger partial charge in [-0.2, -0.15) is 0 Å². The smallest absolute Gasteiger partial charge is 0.256 e. The van der Waals surface area contributed by atoms with Gasteiger partial charge < -0.3 is 14.4 Å². The van der Waals surface area contributed by atoms with Crippen molar-refractivity contribution in [1.29, 1.82) is 0 Å². The lowest BCUT2D eigenvalue weighted by Crippen LogP contribution is -2.50. The number of nitrogens with zero attached hydrogens (tertiary/aromatic N) is 3. The summed E-state index contributed by atoms with van der Waals surface area (Å²) in [6, 6.07) is 7.89. The first kappa shape index (κ1) is 17.2. The van der Waals surface area contributed by atoms with Crippen LogP contribution in [0, 0.1) is 19.7 Å². The molecular weight excluding hydrogens is 321 g/mol. The Labute approximate surface area is 146 Å². The topological polar surface area (TPSA) is 45.6 Å². The van der Waals surface area contributed by atoms with Crippen LogP contribution in [0.3, 0.4) is 0 Å². The SMILES string of the molecule is Cc1cc(C(=O)N2CCN(C(=O)c3ccccc3F)CC2)c(C)n1C. The molecule has 1 aromatic heterocycles. The summed E-state index contributed by atoms with van der Waals surface area (Å²) < 4.78 is 15.8. The van der Waals surface area contributed by atoms with E-state index in [0.717, 1.165) is 11.4 Å². The number of aromatic nitrogens is 1. The molecule has 1 saturated heterocycles. The van der Waals surface area contributed by atoms with E-state index in [1.807, 2.05) is 31.5 Å². The van der Waals surface area contributed by atoms with Crippen molar-refractivity contribution in [2.24, 2.45) is 7.05 Å². The van der Waals surface area contributed by atoms with Gasteiger partial charge in [0.2, 0.25) is 0 Å². The molecular formula is C19H22FN3O2. The highest BCUT2D eigenvalue weighted by molar-refractivity contribution is 5.97. The van der Waals surface area contributed by atoms with E-state index in [4.69, 9.17) is 0 Å². The van der Waals surface area contributed by atoms with Crippen molar-refractivity contribution < 1.29 is 14.0 Å². The number of rotatable bonds is 2. The van der Waals surface area contributed by atoms with Crippen molar-refractivity contribution in [1.82, 2.24) is 14.4 Å². The second kappa shape index (κ2) is 6.70. The average Bonchev–Trinajstić information content (AvgIpc) is 2.88. The van der Waals surface area contributed by atoms with Gasteiger partial charge in [-0.05, 0) is 32.0 Å². The van der Waals surface area contributed by atoms with E-state index in [0.29, 0.717) is 31.7 Å². The number of carbonyl (C=O) groups excluding carboxylic acids is 2. The molecule has 2 amide bonds. The number of carbonyl (C=O) groups is 2. The van der Waals surface area contributed by atoms with Crippen molar-refractivity contribution in [3.05, 3.63) is 58.7 Å². The molecule has 25 heavy (non-hydrogen) atoms. The number of hydrogen-bond acceptors (Lipinski definition) is 2. The second-order valence-corrected chi connectivity index (χ2v) is 6.41. The van der Waals surface area contributed by atoms with Gasteiger partial charge in [-0.25, -0.2) is 4.39 Å². The second-order valence-electron chi connectivity index (χ2n) is 6.41. The lowest BCUT2D eigenvalue weighted by Gasteiger charge is -2.35. The molecule has 0 radical (unpaired) electrons. The minimum absolute atomic E-state index is 0.0146. The van der Waals surface area contributed by atoms with Gasteiger partial charge in [-0.15, -0.1) is 0 Å². The van der Waals surface area contributed by atoms with Crippen LogP contribution in [0.4, 0.5) is 4.39 Å². The number of hydrogen-bond donors (Lipinski definition) is 0. The fourth-order valence-electron chi connectivity index (χ4n) is 3.16. The molecule has 5 nitrogen and oxygen atoms in total. The molecule has 0 atom stereocenters. The lowest BCUT2D eigenvalue weighted by atomic mass is 10.1. The molecule has 1 aromatic carbocycles. The number of piperazine rings is 1. The monoisotopic (exact) mass is 343 g/mol. The Morgan fingerprint density at radius 1 is 0.920 bits per heavy atom. The van der Waals surface area contributed by atoms with Gasteiger partial charge in [0, 0.05) is 44.6 Å². The Kier molecular flexibility index (Phi) is 4.61. The Bertz CT molecular complexity index is 820. The van der Waals surface area contributed by atoms with Crippen LogP contribution >= 0.6 is 0 Å². The van der Waals surface area contributed by atoms with Gasteiger partial charge in [0.25, 0.3) is 11.8 Å². The van der Waals surface area contributed by atoms with E-state index in [9.17, 15) is 14.0 Å². The highest BCUT2D eigenvalue weighted by atomic mass is 19.1. The largest absolute Gasteiger partial charge is 0.351 e. The Balaban J connectivity index is 1.67. The molecule has 2 heterocycles. The number of benzene rings is 1. The van der Waals surface area contributed by atoms with Gasteiger partial charge in [0.15, 0.2) is 0 Å². The van der Waals surface area contributed by atoms with E-state index in [-0.39, 0.29) is 17.4 Å². The first-order valence-electron chi connectivity index (χ1n) is 8.36. The third-order valence-corrected chi connectivity index (χ3v) is 4.96. The van der Waals surface area contributed by atoms with Crippen molar-refractivity contribution in [3.8, 4) is 0 Å². The molecule has 0 aliphatic carbocycles. The maximum Gasteiger partial charge on any atom is 0.256 e. The lowest BCUT2D eigenvalue weighted by molar-refractivity contribution is 0.0532. The van der Waals surface area contributed by atoms with Crippen LogP contribution in [0.2, 0.25) is 0 Å². The van der Waals surface area contributed by atoms with E-state index in [1.54, 1.807) is 21.9 Å². The van der Waals surface area contributed by atoms with Gasteiger partial charge >= 0.3 is 0 Å². The fraction of sp³-hybridized carbons (Fsp3) is 0.368. The summed E-state index contributed by atoms with van der Waals surface area (Å²) in [4.78, 5) is 28.5. The molecule has 132 valence electrons. The van der Waals surface area contributed by atoms with Crippen molar-refractivity contribution in [3.63, 3.8) is 0 Å². The zero-order chi connectivity index (χ0) is 18.1. The molecule has 0 saturated carbocycles. The molecule has 6 heteroatoms. The zero-order valence-corrected chi connectivity index (χ0v) is 14.8. The summed E-state index contributed by atoms with van der Waals surface area (Å²) >= 11 is 0. The Hall–Kier alpha value is -2.63. The summed E-state index contributed by atoms with van der Waals surface area (Å²) in [5.74, 6) is -0.850. The highest BCUT2D eigenvalue weighted by Gasteiger charge is 2.28. The molecule has 0 spiro atoms. The summed E-state index contributed by atoms with van der Waals surface area (Å²) in [6.45, 7) is 5.61. The average molecular weight is 343 g/mol. The molecule has 0 N–H and O–H groups in total. The predicted molar refractivity (Wildman–Crippen MR) is 93.1 cm³/mol. The van der Waals surface area contributed by atoms with Crippen molar-refractivity contribution in [2.45, 2.75) is 13.8 Å². The summed E-state index contributed by atoms with van der Waals surface area (Å²) in [6.07, 6.45) is 0. The zero-order valence-electron chi connectivity index (χ0n) is 14.8. The van der Waals surface area contributed by atoms with Gasteiger partial charge in [0.05, 0.1) is 11.1 Å². The minimum Gasteiger partial charge on any atom is -0.351 e. The first-order chi connectivity index (χ1) is 11.9. The van der Waals surface area contributed by atoms with Crippen LogP contribution in [0.5, 0.6) is 0 Å². The van der Waals surface area contributed by atoms with Crippen LogP contribution in [-0.2, 0) is 7.05 Å². The van der Waals surface area contributed by atoms with Crippen LogP contribution in [0.15, 0.2) is 30.3 Å². The molecule has 2 aromatic rings. The van der Waals surface area contributed by atoms with E-state index >= 15 is 0 Å². The third-order valence-electron chi connectivity index (χ3n) is 4.96. The summed E-state index contributed by atoms with van der Waals surface area (Å²) in [5, 5.41) is 0. The minimum atomic E-state index is -0.513. The highest BCUT2D eigenvalue weighted by Crippen LogP contribution is 2.18. The molecule has 1 aliphatic heterocycles. The van der Waals surface area contributed by atoms with Crippen LogP contribution in [0.25, 0.3) is 0 Å². The standard InChI is InChI=1S/C19H22FN3O2/c1-13-12-16(14(2)21(13)3)19(25)23-10-8-22(9-11-23)18(24)15-6-4-5-7-17(15)20/h4-7,12H,8-11H2,1-3H3. The number of amides is 2. The molecule has 3 rings (SSSR count). The van der Waals surface area contributed by atoms with E-state index < -0.39 is 5.82 Å². The van der Waals surface area contributed by atoms with Crippen LogP contribution in [0.1, 0.15) is 32.1 Å². The maximum atomic E-state index is 13.8. The first-order valence-corrected chi connectivity index (χ1v) is 8.36. The molecule has 0 bridgehead atoms. The number of aryl methyl sites for hydroxylation is 1. The molecule has 1 aliphatic rings. The Morgan fingerprint density at radius 2 is 1.44 bits per heavy atom. The fourth-order valence-corrected chi connectivity index (χ4v) is 3.16. The number of halogens is 1. The van der Waals surface area contributed by atoms with Crippen molar-refractivity contribution in [2.75, 3.05) is 26.2 Å². The third kappa shape index (κ3) is 3.16. The van der Waals surface area contributed by atoms with Gasteiger partial charge in [0.1, 0.15) is 5.82 Å². The maximum absolute atomic E-state index is 13.8. The quantitative estimate of drug-likeness (QED) is 0.840. The summed E-state index contributed by atoms with van der Waals surface area (Å²) in [5.41, 5.74) is 2.76. The molecule has 1 fully saturated rings. The Morgan fingerprint density at radius 3 is 1.92 bits per heavy atom. The van der Waals surface area contributed by atoms with Gasteiger partial charge in [-0.3, -0.25) is 9.59 Å². The summed E-state index contributed by atoms with van der Waals surface area (Å²) in [7, 11) is 1.94.